The van der Waals surface area contributed by atoms with E-state index in [0.717, 1.165) is 24.9 Å². The number of halogens is 1. The average molecular weight is 487 g/mol. The van der Waals surface area contributed by atoms with Crippen molar-refractivity contribution in [3.63, 3.8) is 0 Å². The van der Waals surface area contributed by atoms with Gasteiger partial charge in [-0.3, -0.25) is 14.5 Å². The Balaban J connectivity index is 1.44. The summed E-state index contributed by atoms with van der Waals surface area (Å²) in [6.07, 6.45) is 3.53. The standard InChI is InChI=1S/C22H23ClN6O3S/c1-15-25-21(27-29(15)18-10-6-16(23)7-11-18)22(30)26-17-8-12-19(13-9-17)33(31,32)28-20-5-3-2-4-14-24-20/h6-13H,2-5,14H2,1H3,(H,24,28)(H,26,30). The number of hydrogen-bond donors (Lipinski definition) is 2. The van der Waals surface area contributed by atoms with Gasteiger partial charge in [0.15, 0.2) is 0 Å². The molecule has 33 heavy (non-hydrogen) atoms. The highest BCUT2D eigenvalue weighted by Gasteiger charge is 2.19. The molecule has 1 aliphatic rings. The summed E-state index contributed by atoms with van der Waals surface area (Å²) in [4.78, 5) is 21.2. The molecule has 2 N–H and O–H groups in total. The van der Waals surface area contributed by atoms with Crippen molar-refractivity contribution in [2.24, 2.45) is 4.99 Å². The molecule has 2 aromatic carbocycles. The van der Waals surface area contributed by atoms with Gasteiger partial charge in [0.05, 0.1) is 10.6 Å². The zero-order chi connectivity index (χ0) is 23.4. The fraction of sp³-hybridized carbons (Fsp3) is 0.273. The average Bonchev–Trinajstić information content (AvgIpc) is 3.00. The van der Waals surface area contributed by atoms with Gasteiger partial charge in [0.25, 0.3) is 15.9 Å². The molecule has 0 unspecified atom stereocenters. The summed E-state index contributed by atoms with van der Waals surface area (Å²) < 4.78 is 29.4. The molecule has 11 heteroatoms. The van der Waals surface area contributed by atoms with Gasteiger partial charge in [-0.1, -0.05) is 18.0 Å². The van der Waals surface area contributed by atoms with E-state index in [1.807, 2.05) is 0 Å². The molecule has 0 fully saturated rings. The fourth-order valence-electron chi connectivity index (χ4n) is 3.39. The first-order valence-corrected chi connectivity index (χ1v) is 12.3. The summed E-state index contributed by atoms with van der Waals surface area (Å²) in [5.41, 5.74) is 1.15. The molecule has 4 rings (SSSR count). The van der Waals surface area contributed by atoms with Gasteiger partial charge in [-0.25, -0.2) is 18.1 Å². The van der Waals surface area contributed by atoms with E-state index >= 15 is 0 Å². The number of carbonyl (C=O) groups excluding carboxylic acids is 1. The minimum Gasteiger partial charge on any atom is -0.319 e. The lowest BCUT2D eigenvalue weighted by Crippen LogP contribution is -2.30. The molecular weight excluding hydrogens is 464 g/mol. The summed E-state index contributed by atoms with van der Waals surface area (Å²) in [7, 11) is -3.74. The van der Waals surface area contributed by atoms with Crippen molar-refractivity contribution in [3.05, 3.63) is 65.2 Å². The van der Waals surface area contributed by atoms with E-state index < -0.39 is 15.9 Å². The van der Waals surface area contributed by atoms with E-state index in [2.05, 4.69) is 25.1 Å². The van der Waals surface area contributed by atoms with Crippen molar-refractivity contribution < 1.29 is 13.2 Å². The maximum atomic E-state index is 12.7. The lowest BCUT2D eigenvalue weighted by molar-refractivity contribution is 0.101. The van der Waals surface area contributed by atoms with Gasteiger partial charge in [-0.2, -0.15) is 0 Å². The van der Waals surface area contributed by atoms with Gasteiger partial charge in [0.1, 0.15) is 11.7 Å². The second-order valence-corrected chi connectivity index (χ2v) is 9.71. The molecule has 0 atom stereocenters. The van der Waals surface area contributed by atoms with E-state index in [0.29, 0.717) is 35.3 Å². The lowest BCUT2D eigenvalue weighted by Gasteiger charge is -2.10. The van der Waals surface area contributed by atoms with Crippen molar-refractivity contribution in [1.82, 2.24) is 19.5 Å². The van der Waals surface area contributed by atoms with Gasteiger partial charge < -0.3 is 5.32 Å². The molecule has 172 valence electrons. The first kappa shape index (κ1) is 22.9. The third kappa shape index (κ3) is 5.58. The number of hydrogen-bond acceptors (Lipinski definition) is 6. The van der Waals surface area contributed by atoms with E-state index in [4.69, 9.17) is 11.6 Å². The number of nitrogens with one attached hydrogen (secondary N) is 2. The molecule has 0 saturated carbocycles. The highest BCUT2D eigenvalue weighted by atomic mass is 35.5. The zero-order valence-electron chi connectivity index (χ0n) is 18.0. The van der Waals surface area contributed by atoms with Crippen LogP contribution in [0, 0.1) is 6.92 Å². The maximum absolute atomic E-state index is 12.7. The van der Waals surface area contributed by atoms with Crippen molar-refractivity contribution in [3.8, 4) is 5.69 Å². The van der Waals surface area contributed by atoms with Gasteiger partial charge in [0, 0.05) is 23.7 Å². The van der Waals surface area contributed by atoms with Crippen molar-refractivity contribution in [2.45, 2.75) is 37.5 Å². The van der Waals surface area contributed by atoms with Gasteiger partial charge in [-0.15, -0.1) is 5.10 Å². The molecule has 0 aliphatic carbocycles. The number of nitrogens with zero attached hydrogens (tertiary/aromatic N) is 4. The molecule has 2 heterocycles. The molecular formula is C22H23ClN6O3S. The van der Waals surface area contributed by atoms with Gasteiger partial charge in [0.2, 0.25) is 5.82 Å². The summed E-state index contributed by atoms with van der Waals surface area (Å²) in [5, 5.41) is 7.55. The minimum atomic E-state index is -3.74. The third-order valence-electron chi connectivity index (χ3n) is 5.09. The number of amides is 1. The Labute approximate surface area is 197 Å². The van der Waals surface area contributed by atoms with Crippen molar-refractivity contribution in [1.29, 1.82) is 0 Å². The lowest BCUT2D eigenvalue weighted by atomic mass is 10.2. The quantitative estimate of drug-likeness (QED) is 0.569. The maximum Gasteiger partial charge on any atom is 0.295 e. The van der Waals surface area contributed by atoms with E-state index in [1.165, 1.54) is 24.3 Å². The summed E-state index contributed by atoms with van der Waals surface area (Å²) >= 11 is 5.92. The molecule has 0 radical (unpaired) electrons. The van der Waals surface area contributed by atoms with Gasteiger partial charge in [-0.05, 0) is 68.3 Å². The third-order valence-corrected chi connectivity index (χ3v) is 6.74. The second kappa shape index (κ2) is 9.72. The molecule has 1 amide bonds. The number of anilines is 1. The molecule has 9 nitrogen and oxygen atoms in total. The Kier molecular flexibility index (Phi) is 6.75. The van der Waals surface area contributed by atoms with Crippen LogP contribution in [0.15, 0.2) is 58.4 Å². The molecule has 0 saturated heterocycles. The predicted molar refractivity (Wildman–Crippen MR) is 127 cm³/mol. The number of aliphatic imine (C=N–C) groups is 1. The molecule has 0 spiro atoms. The Morgan fingerprint density at radius 2 is 1.76 bits per heavy atom. The number of amidine groups is 1. The molecule has 0 bridgehead atoms. The SMILES string of the molecule is Cc1nc(C(=O)Nc2ccc(S(=O)(=O)NC3=NCCCCC3)cc2)nn1-c1ccc(Cl)cc1. The number of aryl methyl sites for hydroxylation is 1. The van der Waals surface area contributed by atoms with Crippen molar-refractivity contribution >= 4 is 39.1 Å². The second-order valence-electron chi connectivity index (χ2n) is 7.59. The Hall–Kier alpha value is -3.24. The first-order chi connectivity index (χ1) is 15.8. The zero-order valence-corrected chi connectivity index (χ0v) is 19.5. The number of sulfonamides is 1. The van der Waals surface area contributed by atoms with Crippen LogP contribution < -0.4 is 10.0 Å². The van der Waals surface area contributed by atoms with Crippen LogP contribution in [0.25, 0.3) is 5.69 Å². The number of aromatic nitrogens is 3. The topological polar surface area (TPSA) is 118 Å². The number of benzene rings is 2. The van der Waals surface area contributed by atoms with Crippen LogP contribution in [0.3, 0.4) is 0 Å². The highest BCUT2D eigenvalue weighted by Crippen LogP contribution is 2.17. The summed E-state index contributed by atoms with van der Waals surface area (Å²) in [6, 6.07) is 12.9. The smallest absolute Gasteiger partial charge is 0.295 e. The molecule has 1 aromatic heterocycles. The van der Waals surface area contributed by atoms with Crippen LogP contribution in [-0.2, 0) is 10.0 Å². The van der Waals surface area contributed by atoms with Crippen LogP contribution in [0.2, 0.25) is 5.02 Å². The predicted octanol–water partition coefficient (Wildman–Crippen LogP) is 3.73. The minimum absolute atomic E-state index is 0.00723. The van der Waals surface area contributed by atoms with E-state index in [9.17, 15) is 13.2 Å². The normalized spacial score (nSPS) is 14.3. The van der Waals surface area contributed by atoms with Crippen LogP contribution >= 0.6 is 11.6 Å². The Morgan fingerprint density at radius 1 is 1.03 bits per heavy atom. The first-order valence-electron chi connectivity index (χ1n) is 10.5. The Bertz CT molecular complexity index is 1280. The Morgan fingerprint density at radius 3 is 2.48 bits per heavy atom. The van der Waals surface area contributed by atoms with E-state index in [-0.39, 0.29) is 10.7 Å². The largest absolute Gasteiger partial charge is 0.319 e. The summed E-state index contributed by atoms with van der Waals surface area (Å²) in [6.45, 7) is 2.37. The number of carbonyl (C=O) groups is 1. The highest BCUT2D eigenvalue weighted by molar-refractivity contribution is 7.90. The fourth-order valence-corrected chi connectivity index (χ4v) is 4.60. The summed E-state index contributed by atoms with van der Waals surface area (Å²) in [5.74, 6) is 0.513. The number of rotatable bonds is 5. The monoisotopic (exact) mass is 486 g/mol. The van der Waals surface area contributed by atoms with Crippen LogP contribution in [-0.4, -0.2) is 41.5 Å². The van der Waals surface area contributed by atoms with Crippen LogP contribution in [0.1, 0.15) is 42.1 Å². The van der Waals surface area contributed by atoms with Crippen LogP contribution in [0.5, 0.6) is 0 Å². The molecule has 1 aliphatic heterocycles. The van der Waals surface area contributed by atoms with Gasteiger partial charge >= 0.3 is 0 Å². The van der Waals surface area contributed by atoms with Crippen LogP contribution in [0.4, 0.5) is 5.69 Å². The van der Waals surface area contributed by atoms with E-state index in [1.54, 1.807) is 35.9 Å². The molecule has 3 aromatic rings. The van der Waals surface area contributed by atoms with Crippen molar-refractivity contribution in [2.75, 3.05) is 11.9 Å².